The Morgan fingerprint density at radius 3 is 2.76 bits per heavy atom. The first-order valence-corrected chi connectivity index (χ1v) is 10.6. The van der Waals surface area contributed by atoms with Gasteiger partial charge in [-0.25, -0.2) is 9.78 Å². The van der Waals surface area contributed by atoms with Crippen LogP contribution in [-0.2, 0) is 20.9 Å². The van der Waals surface area contributed by atoms with Gasteiger partial charge < -0.3 is 14.8 Å². The van der Waals surface area contributed by atoms with E-state index in [1.165, 1.54) is 13.2 Å². The number of hydrogen-bond donors (Lipinski definition) is 1. The van der Waals surface area contributed by atoms with E-state index in [1.54, 1.807) is 17.4 Å². The second-order valence-corrected chi connectivity index (χ2v) is 8.24. The van der Waals surface area contributed by atoms with Crippen LogP contribution in [0.5, 0.6) is 5.75 Å². The van der Waals surface area contributed by atoms with E-state index in [0.717, 1.165) is 35.5 Å². The lowest BCUT2D eigenvalue weighted by molar-refractivity contribution is -0.152. The molecule has 7 heteroatoms. The molecule has 1 fully saturated rings. The molecule has 6 nitrogen and oxygen atoms in total. The third-order valence-electron chi connectivity index (χ3n) is 4.98. The van der Waals surface area contributed by atoms with Gasteiger partial charge in [0.2, 0.25) is 5.91 Å². The van der Waals surface area contributed by atoms with Crippen molar-refractivity contribution < 1.29 is 19.1 Å². The average Bonchev–Trinajstić information content (AvgIpc) is 3.16. The average molecular weight is 415 g/mol. The van der Waals surface area contributed by atoms with Crippen molar-refractivity contribution in [2.75, 3.05) is 7.11 Å². The van der Waals surface area contributed by atoms with Crippen molar-refractivity contribution in [3.8, 4) is 5.75 Å². The summed E-state index contributed by atoms with van der Waals surface area (Å²) in [5.41, 5.74) is 0.821. The van der Waals surface area contributed by atoms with E-state index in [9.17, 15) is 9.59 Å². The minimum absolute atomic E-state index is 0.304. The summed E-state index contributed by atoms with van der Waals surface area (Å²) in [5.74, 6) is 0.0321. The summed E-state index contributed by atoms with van der Waals surface area (Å²) in [4.78, 5) is 29.1. The number of nitrogens with one attached hydrogen (secondary N) is 1. The zero-order valence-corrected chi connectivity index (χ0v) is 17.6. The summed E-state index contributed by atoms with van der Waals surface area (Å²) in [6, 6.07) is 7.49. The first-order chi connectivity index (χ1) is 14.0. The number of hydrogen-bond acceptors (Lipinski definition) is 6. The number of ether oxygens (including phenoxy) is 2. The van der Waals surface area contributed by atoms with Crippen LogP contribution in [0, 0.1) is 6.92 Å². The van der Waals surface area contributed by atoms with Gasteiger partial charge in [0.1, 0.15) is 17.9 Å². The molecule has 0 saturated heterocycles. The fraction of sp³-hybridized carbons (Fsp3) is 0.409. The Balaban J connectivity index is 1.61. The van der Waals surface area contributed by atoms with Gasteiger partial charge in [-0.15, -0.1) is 11.3 Å². The van der Waals surface area contributed by atoms with Crippen molar-refractivity contribution in [3.63, 3.8) is 0 Å². The van der Waals surface area contributed by atoms with Crippen LogP contribution < -0.4 is 10.1 Å². The lowest BCUT2D eigenvalue weighted by Crippen LogP contribution is -2.55. The number of aromatic nitrogens is 1. The summed E-state index contributed by atoms with van der Waals surface area (Å²) >= 11 is 1.59. The normalized spacial score (nSPS) is 15.8. The molecule has 1 aromatic carbocycles. The Kier molecular flexibility index (Phi) is 7.04. The Labute approximate surface area is 174 Å². The number of amides is 1. The van der Waals surface area contributed by atoms with E-state index >= 15 is 0 Å². The van der Waals surface area contributed by atoms with E-state index in [1.807, 2.05) is 36.6 Å². The van der Waals surface area contributed by atoms with Crippen molar-refractivity contribution in [2.24, 2.45) is 0 Å². The fourth-order valence-electron chi connectivity index (χ4n) is 3.52. The van der Waals surface area contributed by atoms with Crippen molar-refractivity contribution in [1.29, 1.82) is 0 Å². The number of carbonyl (C=O) groups is 2. The standard InChI is InChI=1S/C22H26N2O4S/c1-16-23-18(15-29-16)14-28-19-8-6-7-17(13-19)9-10-20(25)24-22(21(26)27-2)11-4-3-5-12-22/h6-10,13,15H,3-5,11-12,14H2,1-2H3,(H,24,25)/b10-9+. The third-order valence-corrected chi connectivity index (χ3v) is 5.81. The van der Waals surface area contributed by atoms with Gasteiger partial charge in [-0.1, -0.05) is 31.4 Å². The van der Waals surface area contributed by atoms with E-state index in [4.69, 9.17) is 9.47 Å². The van der Waals surface area contributed by atoms with E-state index in [0.29, 0.717) is 25.2 Å². The molecule has 1 aliphatic rings. The monoisotopic (exact) mass is 414 g/mol. The SMILES string of the molecule is COC(=O)C1(NC(=O)/C=C/c2cccc(OCc3csc(C)n3)c2)CCCCC1. The van der Waals surface area contributed by atoms with Gasteiger partial charge in [0.05, 0.1) is 17.8 Å². The molecule has 1 aromatic heterocycles. The number of aryl methyl sites for hydroxylation is 1. The van der Waals surface area contributed by atoms with E-state index in [-0.39, 0.29) is 11.9 Å². The second-order valence-electron chi connectivity index (χ2n) is 7.18. The molecular weight excluding hydrogens is 388 g/mol. The molecule has 1 amide bonds. The zero-order valence-electron chi connectivity index (χ0n) is 16.8. The molecule has 154 valence electrons. The topological polar surface area (TPSA) is 77.5 Å². The van der Waals surface area contributed by atoms with Gasteiger partial charge in [0.15, 0.2) is 0 Å². The Morgan fingerprint density at radius 2 is 2.07 bits per heavy atom. The summed E-state index contributed by atoms with van der Waals surface area (Å²) in [5, 5.41) is 5.86. The smallest absolute Gasteiger partial charge is 0.331 e. The number of thiazole rings is 1. The van der Waals surface area contributed by atoms with Gasteiger partial charge in [-0.2, -0.15) is 0 Å². The summed E-state index contributed by atoms with van der Waals surface area (Å²) in [6.07, 6.45) is 7.24. The molecule has 0 aliphatic heterocycles. The largest absolute Gasteiger partial charge is 0.487 e. The van der Waals surface area contributed by atoms with Crippen molar-refractivity contribution in [2.45, 2.75) is 51.2 Å². The molecule has 0 spiro atoms. The molecule has 0 unspecified atom stereocenters. The van der Waals surface area contributed by atoms with Crippen molar-refractivity contribution >= 4 is 29.3 Å². The quantitative estimate of drug-likeness (QED) is 0.547. The number of carbonyl (C=O) groups excluding carboxylic acids is 2. The molecule has 1 aliphatic carbocycles. The highest BCUT2D eigenvalue weighted by atomic mass is 32.1. The van der Waals surface area contributed by atoms with Gasteiger partial charge in [0, 0.05) is 11.5 Å². The second kappa shape index (κ2) is 9.69. The highest BCUT2D eigenvalue weighted by molar-refractivity contribution is 7.09. The molecule has 3 rings (SSSR count). The van der Waals surface area contributed by atoms with Gasteiger partial charge in [-0.3, -0.25) is 4.79 Å². The number of methoxy groups -OCH3 is 1. The fourth-order valence-corrected chi connectivity index (χ4v) is 4.12. The maximum Gasteiger partial charge on any atom is 0.331 e. The van der Waals surface area contributed by atoms with Crippen LogP contribution in [0.15, 0.2) is 35.7 Å². The minimum Gasteiger partial charge on any atom is -0.487 e. The molecule has 0 radical (unpaired) electrons. The summed E-state index contributed by atoms with van der Waals surface area (Å²) in [7, 11) is 1.36. The predicted molar refractivity (Wildman–Crippen MR) is 113 cm³/mol. The number of nitrogens with zero attached hydrogens (tertiary/aromatic N) is 1. The van der Waals surface area contributed by atoms with Crippen LogP contribution in [0.1, 0.15) is 48.4 Å². The van der Waals surface area contributed by atoms with Gasteiger partial charge in [-0.05, 0) is 43.5 Å². The molecule has 2 aromatic rings. The highest BCUT2D eigenvalue weighted by Gasteiger charge is 2.41. The molecular formula is C22H26N2O4S. The Morgan fingerprint density at radius 1 is 1.28 bits per heavy atom. The summed E-state index contributed by atoms with van der Waals surface area (Å²) in [6.45, 7) is 2.36. The maximum atomic E-state index is 12.5. The first kappa shape index (κ1) is 21.0. The Hall–Kier alpha value is -2.67. The molecule has 1 N–H and O–H groups in total. The van der Waals surface area contributed by atoms with E-state index < -0.39 is 5.54 Å². The summed E-state index contributed by atoms with van der Waals surface area (Å²) < 4.78 is 10.7. The molecule has 1 heterocycles. The first-order valence-electron chi connectivity index (χ1n) is 9.73. The highest BCUT2D eigenvalue weighted by Crippen LogP contribution is 2.29. The van der Waals surface area contributed by atoms with Crippen LogP contribution >= 0.6 is 11.3 Å². The maximum absolute atomic E-state index is 12.5. The molecule has 1 saturated carbocycles. The van der Waals surface area contributed by atoms with Crippen LogP contribution in [0.2, 0.25) is 0 Å². The van der Waals surface area contributed by atoms with Crippen molar-refractivity contribution in [1.82, 2.24) is 10.3 Å². The van der Waals surface area contributed by atoms with Crippen LogP contribution in [-0.4, -0.2) is 29.5 Å². The Bertz CT molecular complexity index is 884. The van der Waals surface area contributed by atoms with Crippen LogP contribution in [0.25, 0.3) is 6.08 Å². The van der Waals surface area contributed by atoms with Gasteiger partial charge in [0.25, 0.3) is 0 Å². The third kappa shape index (κ3) is 5.67. The number of benzene rings is 1. The van der Waals surface area contributed by atoms with Crippen LogP contribution in [0.3, 0.4) is 0 Å². The van der Waals surface area contributed by atoms with Crippen molar-refractivity contribution in [3.05, 3.63) is 52.0 Å². The minimum atomic E-state index is -0.912. The predicted octanol–water partition coefficient (Wildman–Crippen LogP) is 4.04. The lowest BCUT2D eigenvalue weighted by atomic mass is 9.81. The molecule has 0 atom stereocenters. The number of rotatable bonds is 7. The lowest BCUT2D eigenvalue weighted by Gasteiger charge is -2.34. The van der Waals surface area contributed by atoms with E-state index in [2.05, 4.69) is 10.3 Å². The molecule has 0 bridgehead atoms. The van der Waals surface area contributed by atoms with Gasteiger partial charge >= 0.3 is 5.97 Å². The number of esters is 1. The zero-order chi connectivity index (χ0) is 20.7. The molecule has 29 heavy (non-hydrogen) atoms. The van der Waals surface area contributed by atoms with Crippen LogP contribution in [0.4, 0.5) is 0 Å².